The summed E-state index contributed by atoms with van der Waals surface area (Å²) >= 11 is 0. The van der Waals surface area contributed by atoms with Crippen LogP contribution in [0, 0.1) is 0 Å². The molecule has 0 aliphatic heterocycles. The Morgan fingerprint density at radius 3 is 2.50 bits per heavy atom. The van der Waals surface area contributed by atoms with Crippen LogP contribution in [-0.2, 0) is 0 Å². The number of benzene rings is 1. The van der Waals surface area contributed by atoms with Crippen LogP contribution in [0.15, 0.2) is 29.4 Å². The van der Waals surface area contributed by atoms with Crippen molar-refractivity contribution in [3.8, 4) is 5.75 Å². The lowest BCUT2D eigenvalue weighted by molar-refractivity contribution is -0.274. The summed E-state index contributed by atoms with van der Waals surface area (Å²) in [5.41, 5.74) is 0.0484. The lowest BCUT2D eigenvalue weighted by Gasteiger charge is -2.10. The number of nitrogens with zero attached hydrogens (tertiary/aromatic N) is 1. The average Bonchev–Trinajstić information content (AvgIpc) is 2.06. The molecule has 1 aromatic carbocycles. The highest BCUT2D eigenvalue weighted by Crippen LogP contribution is 2.24. The topological polar surface area (TPSA) is 41.8 Å². The van der Waals surface area contributed by atoms with Crippen molar-refractivity contribution in [2.45, 2.75) is 6.36 Å². The van der Waals surface area contributed by atoms with Gasteiger partial charge in [-0.3, -0.25) is 0 Å². The number of oxime groups is 1. The molecular formula is C8H6F3NO2. The fraction of sp³-hybridized carbons (Fsp3) is 0.125. The fourth-order valence-corrected chi connectivity index (χ4v) is 0.867. The molecule has 0 atom stereocenters. The van der Waals surface area contributed by atoms with Crippen LogP contribution in [0.5, 0.6) is 5.75 Å². The summed E-state index contributed by atoms with van der Waals surface area (Å²) in [6.45, 7) is 0. The highest BCUT2D eigenvalue weighted by molar-refractivity contribution is 5.82. The van der Waals surface area contributed by atoms with Crippen molar-refractivity contribution in [1.82, 2.24) is 0 Å². The normalized spacial score (nSPS) is 11.9. The molecule has 6 heteroatoms. The summed E-state index contributed by atoms with van der Waals surface area (Å²) in [6.07, 6.45) is -3.89. The Kier molecular flexibility index (Phi) is 2.95. The number of rotatable bonds is 2. The zero-order valence-corrected chi connectivity index (χ0v) is 6.82. The molecule has 76 valence electrons. The van der Waals surface area contributed by atoms with Gasteiger partial charge < -0.3 is 9.94 Å². The molecule has 0 spiro atoms. The van der Waals surface area contributed by atoms with Crippen molar-refractivity contribution < 1.29 is 23.1 Å². The molecule has 0 fully saturated rings. The van der Waals surface area contributed by atoms with E-state index in [1.54, 1.807) is 0 Å². The third kappa shape index (κ3) is 2.96. The van der Waals surface area contributed by atoms with Crippen LogP contribution >= 0.6 is 0 Å². The molecule has 1 N–H and O–H groups in total. The SMILES string of the molecule is O/N=C\c1ccccc1OC(F)(F)F. The van der Waals surface area contributed by atoms with E-state index < -0.39 is 12.1 Å². The summed E-state index contributed by atoms with van der Waals surface area (Å²) in [4.78, 5) is 0. The van der Waals surface area contributed by atoms with Crippen molar-refractivity contribution in [1.29, 1.82) is 0 Å². The van der Waals surface area contributed by atoms with Crippen LogP contribution < -0.4 is 4.74 Å². The molecular weight excluding hydrogens is 199 g/mol. The second kappa shape index (κ2) is 3.99. The van der Waals surface area contributed by atoms with Gasteiger partial charge in [0.2, 0.25) is 0 Å². The standard InChI is InChI=1S/C8H6F3NO2/c9-8(10,11)14-7-4-2-1-3-6(7)5-12-13/h1-5,13H/b12-5-. The first-order valence-electron chi connectivity index (χ1n) is 3.55. The molecule has 0 aliphatic rings. The van der Waals surface area contributed by atoms with E-state index in [9.17, 15) is 13.2 Å². The second-order valence-corrected chi connectivity index (χ2v) is 2.33. The minimum Gasteiger partial charge on any atom is -0.411 e. The van der Waals surface area contributed by atoms with E-state index in [0.29, 0.717) is 0 Å². The lowest BCUT2D eigenvalue weighted by Crippen LogP contribution is -2.18. The second-order valence-electron chi connectivity index (χ2n) is 2.33. The minimum atomic E-state index is -4.75. The van der Waals surface area contributed by atoms with Crippen molar-refractivity contribution in [2.24, 2.45) is 5.16 Å². The third-order valence-corrected chi connectivity index (χ3v) is 1.34. The highest BCUT2D eigenvalue weighted by atomic mass is 19.4. The molecule has 0 bridgehead atoms. The number of hydrogen-bond donors (Lipinski definition) is 1. The van der Waals surface area contributed by atoms with Gasteiger partial charge in [-0.25, -0.2) is 0 Å². The van der Waals surface area contributed by atoms with Crippen molar-refractivity contribution >= 4 is 6.21 Å². The predicted octanol–water partition coefficient (Wildman–Crippen LogP) is 2.39. The Morgan fingerprint density at radius 2 is 1.93 bits per heavy atom. The monoisotopic (exact) mass is 205 g/mol. The fourth-order valence-electron chi connectivity index (χ4n) is 0.867. The number of alkyl halides is 3. The van der Waals surface area contributed by atoms with Gasteiger partial charge in [0.15, 0.2) is 0 Å². The third-order valence-electron chi connectivity index (χ3n) is 1.34. The summed E-state index contributed by atoms with van der Waals surface area (Å²) in [7, 11) is 0. The summed E-state index contributed by atoms with van der Waals surface area (Å²) < 4.78 is 39.2. The minimum absolute atomic E-state index is 0.0484. The Morgan fingerprint density at radius 1 is 1.29 bits per heavy atom. The van der Waals surface area contributed by atoms with Gasteiger partial charge in [0.25, 0.3) is 0 Å². The van der Waals surface area contributed by atoms with E-state index in [4.69, 9.17) is 5.21 Å². The van der Waals surface area contributed by atoms with E-state index in [2.05, 4.69) is 9.89 Å². The molecule has 0 heterocycles. The Labute approximate surface area is 77.4 Å². The van der Waals surface area contributed by atoms with E-state index in [1.807, 2.05) is 0 Å². The zero-order valence-electron chi connectivity index (χ0n) is 6.82. The van der Waals surface area contributed by atoms with Crippen LogP contribution in [0.1, 0.15) is 5.56 Å². The van der Waals surface area contributed by atoms with Crippen LogP contribution in [0.4, 0.5) is 13.2 Å². The molecule has 1 rings (SSSR count). The first-order chi connectivity index (χ1) is 6.53. The highest BCUT2D eigenvalue weighted by Gasteiger charge is 2.31. The zero-order chi connectivity index (χ0) is 10.6. The maximum absolute atomic E-state index is 11.8. The average molecular weight is 205 g/mol. The lowest BCUT2D eigenvalue weighted by atomic mass is 10.2. The molecule has 0 amide bonds. The van der Waals surface area contributed by atoms with Crippen molar-refractivity contribution in [3.05, 3.63) is 29.8 Å². The Balaban J connectivity index is 2.96. The molecule has 0 unspecified atom stereocenters. The van der Waals surface area contributed by atoms with Crippen LogP contribution in [0.3, 0.4) is 0 Å². The van der Waals surface area contributed by atoms with E-state index in [1.165, 1.54) is 18.2 Å². The van der Waals surface area contributed by atoms with Crippen LogP contribution in [0.2, 0.25) is 0 Å². The first kappa shape index (κ1) is 10.4. The van der Waals surface area contributed by atoms with Crippen molar-refractivity contribution in [2.75, 3.05) is 0 Å². The molecule has 0 saturated carbocycles. The molecule has 0 radical (unpaired) electrons. The molecule has 14 heavy (non-hydrogen) atoms. The predicted molar refractivity (Wildman–Crippen MR) is 42.5 cm³/mol. The number of hydrogen-bond acceptors (Lipinski definition) is 3. The molecule has 3 nitrogen and oxygen atoms in total. The number of halogens is 3. The number of para-hydroxylation sites is 1. The van der Waals surface area contributed by atoms with E-state index in [0.717, 1.165) is 12.3 Å². The van der Waals surface area contributed by atoms with Gasteiger partial charge in [-0.05, 0) is 12.1 Å². The Bertz CT molecular complexity index is 336. The summed E-state index contributed by atoms with van der Waals surface area (Å²) in [5, 5.41) is 10.8. The Hall–Kier alpha value is -1.72. The molecule has 1 aromatic rings. The van der Waals surface area contributed by atoms with Gasteiger partial charge in [0.05, 0.1) is 6.21 Å². The van der Waals surface area contributed by atoms with Crippen LogP contribution in [-0.4, -0.2) is 17.8 Å². The quantitative estimate of drug-likeness (QED) is 0.457. The number of ether oxygens (including phenoxy) is 1. The van der Waals surface area contributed by atoms with Gasteiger partial charge in [-0.2, -0.15) is 0 Å². The molecule has 0 saturated heterocycles. The van der Waals surface area contributed by atoms with Gasteiger partial charge >= 0.3 is 6.36 Å². The maximum Gasteiger partial charge on any atom is 0.573 e. The van der Waals surface area contributed by atoms with Crippen LogP contribution in [0.25, 0.3) is 0 Å². The maximum atomic E-state index is 11.8. The molecule has 0 aromatic heterocycles. The van der Waals surface area contributed by atoms with Gasteiger partial charge in [0.1, 0.15) is 5.75 Å². The summed E-state index contributed by atoms with van der Waals surface area (Å²) in [5.74, 6) is -0.405. The van der Waals surface area contributed by atoms with E-state index >= 15 is 0 Å². The first-order valence-corrected chi connectivity index (χ1v) is 3.55. The van der Waals surface area contributed by atoms with Gasteiger partial charge in [0, 0.05) is 5.56 Å². The van der Waals surface area contributed by atoms with E-state index in [-0.39, 0.29) is 5.56 Å². The smallest absolute Gasteiger partial charge is 0.411 e. The largest absolute Gasteiger partial charge is 0.573 e. The van der Waals surface area contributed by atoms with Crippen molar-refractivity contribution in [3.63, 3.8) is 0 Å². The summed E-state index contributed by atoms with van der Waals surface area (Å²) in [6, 6.07) is 5.35. The molecule has 0 aliphatic carbocycles. The van der Waals surface area contributed by atoms with Gasteiger partial charge in [-0.15, -0.1) is 13.2 Å². The van der Waals surface area contributed by atoms with Gasteiger partial charge in [-0.1, -0.05) is 17.3 Å².